The minimum atomic E-state index is -0.750. The minimum absolute atomic E-state index is 0.275. The van der Waals surface area contributed by atoms with Crippen molar-refractivity contribution in [3.63, 3.8) is 0 Å². The fourth-order valence-corrected chi connectivity index (χ4v) is 1.99. The third-order valence-electron chi connectivity index (χ3n) is 2.77. The van der Waals surface area contributed by atoms with Crippen LogP contribution in [0.4, 0.5) is 0 Å². The molecule has 2 aromatic rings. The molecule has 3 rings (SSSR count). The second-order valence-corrected chi connectivity index (χ2v) is 4.16. The van der Waals surface area contributed by atoms with E-state index < -0.39 is 11.6 Å². The molecule has 5 nitrogen and oxygen atoms in total. The molecule has 98 valence electrons. The van der Waals surface area contributed by atoms with E-state index in [2.05, 4.69) is 4.98 Å². The monoisotopic (exact) mass is 277 g/mol. The highest BCUT2D eigenvalue weighted by molar-refractivity contribution is 7.51. The predicted octanol–water partition coefficient (Wildman–Crippen LogP) is 1.98. The van der Waals surface area contributed by atoms with Crippen LogP contribution in [0.15, 0.2) is 30.5 Å². The summed E-state index contributed by atoms with van der Waals surface area (Å²) in [6.45, 7) is 2.44. The van der Waals surface area contributed by atoms with E-state index in [1.807, 2.05) is 19.1 Å². The number of aromatic nitrogens is 1. The van der Waals surface area contributed by atoms with Gasteiger partial charge in [0.25, 0.3) is 0 Å². The highest BCUT2D eigenvalue weighted by atomic mass is 32.1. The van der Waals surface area contributed by atoms with Crippen molar-refractivity contribution in [1.29, 1.82) is 0 Å². The van der Waals surface area contributed by atoms with E-state index in [0.717, 1.165) is 28.1 Å². The molecule has 0 saturated heterocycles. The van der Waals surface area contributed by atoms with Gasteiger partial charge < -0.3 is 9.84 Å². The van der Waals surface area contributed by atoms with Gasteiger partial charge in [-0.3, -0.25) is 4.98 Å². The number of pyridine rings is 1. The van der Waals surface area contributed by atoms with Crippen LogP contribution in [0.2, 0.25) is 0 Å². The van der Waals surface area contributed by atoms with Crippen LogP contribution >= 0.6 is 0 Å². The number of hydrogen-bond acceptors (Lipinski definition) is 5. The summed E-state index contributed by atoms with van der Waals surface area (Å²) in [4.78, 5) is 4.21. The van der Waals surface area contributed by atoms with Gasteiger partial charge in [0, 0.05) is 16.8 Å². The first-order chi connectivity index (χ1) is 9.15. The number of benzene rings is 1. The van der Waals surface area contributed by atoms with E-state index in [4.69, 9.17) is 13.2 Å². The molecule has 1 aliphatic heterocycles. The second kappa shape index (κ2) is 5.62. The van der Waals surface area contributed by atoms with Gasteiger partial charge in [-0.05, 0) is 30.7 Å². The van der Waals surface area contributed by atoms with Crippen LogP contribution in [0.25, 0.3) is 11.1 Å². The van der Waals surface area contributed by atoms with Crippen molar-refractivity contribution < 1.29 is 18.3 Å². The summed E-state index contributed by atoms with van der Waals surface area (Å²) in [5.41, 5.74) is 4.14. The van der Waals surface area contributed by atoms with Crippen LogP contribution < -0.4 is 4.74 Å². The molecule has 6 heteroatoms. The summed E-state index contributed by atoms with van der Waals surface area (Å²) >= 11 is -0.750. The van der Waals surface area contributed by atoms with E-state index in [9.17, 15) is 5.11 Å². The zero-order valence-corrected chi connectivity index (χ0v) is 10.9. The number of aryl methyl sites for hydroxylation is 1. The number of hydrogen-bond donors (Lipinski definition) is 1. The van der Waals surface area contributed by atoms with Crippen molar-refractivity contribution in [3.8, 4) is 22.6 Å². The number of nitrogens with zero attached hydrogens (tertiary/aromatic N) is 1. The molecule has 0 unspecified atom stereocenters. The smallest absolute Gasteiger partial charge is 0.335 e. The van der Waals surface area contributed by atoms with Crippen LogP contribution in [0.3, 0.4) is 0 Å². The van der Waals surface area contributed by atoms with Gasteiger partial charge in [-0.2, -0.15) is 8.42 Å². The number of phenolic OH excluding ortho intramolecular Hbond substituents is 1. The first-order valence-corrected chi connectivity index (χ1v) is 6.16. The molecule has 1 aliphatic rings. The summed E-state index contributed by atoms with van der Waals surface area (Å²) < 4.78 is 22.2. The molecule has 0 fully saturated rings. The van der Waals surface area contributed by atoms with Gasteiger partial charge in [-0.15, -0.1) is 0 Å². The molecule has 0 bridgehead atoms. The fourth-order valence-electron chi connectivity index (χ4n) is 1.99. The van der Waals surface area contributed by atoms with Gasteiger partial charge in [0.05, 0.1) is 6.20 Å². The number of ether oxygens (including phenoxy) is 1. The van der Waals surface area contributed by atoms with Gasteiger partial charge in [-0.1, -0.05) is 6.07 Å². The van der Waals surface area contributed by atoms with E-state index in [0.29, 0.717) is 6.61 Å². The van der Waals surface area contributed by atoms with Gasteiger partial charge in [0.15, 0.2) is 0 Å². The Kier molecular flexibility index (Phi) is 3.91. The van der Waals surface area contributed by atoms with Crippen molar-refractivity contribution in [2.75, 3.05) is 0 Å². The maximum atomic E-state index is 9.42. The Bertz CT molecular complexity index is 651. The summed E-state index contributed by atoms with van der Waals surface area (Å²) in [6, 6.07) is 7.37. The molecular weight excluding hydrogens is 266 g/mol. The molecule has 1 aromatic heterocycles. The Morgan fingerprint density at radius 2 is 2.00 bits per heavy atom. The van der Waals surface area contributed by atoms with Gasteiger partial charge >= 0.3 is 11.6 Å². The van der Waals surface area contributed by atoms with Crippen LogP contribution in [0.5, 0.6) is 11.5 Å². The van der Waals surface area contributed by atoms with Crippen molar-refractivity contribution in [2.45, 2.75) is 13.5 Å². The van der Waals surface area contributed by atoms with Crippen LogP contribution in [0.1, 0.15) is 11.3 Å². The lowest BCUT2D eigenvalue weighted by Gasteiger charge is -2.20. The number of phenols is 1. The lowest BCUT2D eigenvalue weighted by atomic mass is 9.97. The Hall–Kier alpha value is -2.21. The van der Waals surface area contributed by atoms with Gasteiger partial charge in [-0.25, -0.2) is 0 Å². The average Bonchev–Trinajstić information content (AvgIpc) is 2.39. The second-order valence-electron chi connectivity index (χ2n) is 4.02. The maximum absolute atomic E-state index is 9.42. The van der Waals surface area contributed by atoms with Crippen LogP contribution in [-0.2, 0) is 18.2 Å². The Morgan fingerprint density at radius 1 is 1.26 bits per heavy atom. The molecule has 1 N–H and O–H groups in total. The molecule has 0 radical (unpaired) electrons. The minimum Gasteiger partial charge on any atom is -0.508 e. The lowest BCUT2D eigenvalue weighted by Crippen LogP contribution is -2.06. The van der Waals surface area contributed by atoms with E-state index in [1.54, 1.807) is 18.3 Å². The molecule has 19 heavy (non-hydrogen) atoms. The third kappa shape index (κ3) is 2.79. The number of aromatic hydroxyl groups is 1. The largest absolute Gasteiger partial charge is 0.508 e. The van der Waals surface area contributed by atoms with E-state index in [-0.39, 0.29) is 5.75 Å². The molecule has 0 aliphatic carbocycles. The van der Waals surface area contributed by atoms with Crippen molar-refractivity contribution in [2.24, 2.45) is 0 Å². The highest BCUT2D eigenvalue weighted by Crippen LogP contribution is 2.38. The zero-order chi connectivity index (χ0) is 13.8. The number of rotatable bonds is 0. The van der Waals surface area contributed by atoms with Gasteiger partial charge in [0.2, 0.25) is 0 Å². The van der Waals surface area contributed by atoms with Crippen molar-refractivity contribution >= 4 is 11.6 Å². The summed E-state index contributed by atoms with van der Waals surface area (Å²) in [6.07, 6.45) is 1.75. The first-order valence-electron chi connectivity index (χ1n) is 5.49. The lowest BCUT2D eigenvalue weighted by molar-refractivity contribution is 0.300. The topological polar surface area (TPSA) is 76.5 Å². The molecule has 0 saturated carbocycles. The maximum Gasteiger partial charge on any atom is 0.335 e. The molecular formula is C13H11NO4S. The molecule has 0 atom stereocenters. The van der Waals surface area contributed by atoms with Crippen molar-refractivity contribution in [3.05, 3.63) is 41.7 Å². The Balaban J connectivity index is 0.000000408. The zero-order valence-electron chi connectivity index (χ0n) is 10.1. The van der Waals surface area contributed by atoms with Crippen LogP contribution in [0, 0.1) is 6.92 Å². The summed E-state index contributed by atoms with van der Waals surface area (Å²) in [5, 5.41) is 9.42. The Morgan fingerprint density at radius 3 is 2.74 bits per heavy atom. The predicted molar refractivity (Wildman–Crippen MR) is 69.3 cm³/mol. The molecule has 1 aromatic carbocycles. The first kappa shape index (κ1) is 13.2. The van der Waals surface area contributed by atoms with Crippen molar-refractivity contribution in [1.82, 2.24) is 4.98 Å². The summed E-state index contributed by atoms with van der Waals surface area (Å²) in [7, 11) is 0. The van der Waals surface area contributed by atoms with Crippen LogP contribution in [-0.4, -0.2) is 18.5 Å². The quantitative estimate of drug-likeness (QED) is 0.796. The van der Waals surface area contributed by atoms with Gasteiger partial charge in [0.1, 0.15) is 18.1 Å². The van der Waals surface area contributed by atoms with E-state index in [1.165, 1.54) is 0 Å². The molecule has 0 spiro atoms. The van der Waals surface area contributed by atoms with E-state index >= 15 is 0 Å². The standard InChI is InChI=1S/C13H11NO2.O2S/c1-8-4-12-11-3-2-10(15)5-9(11)7-16-13(12)6-14-8;1-3-2/h2-6,15H,7H2,1H3;. The molecule has 0 amide bonds. The molecule has 2 heterocycles. The Labute approximate surface area is 113 Å². The normalized spacial score (nSPS) is 11.2. The average molecular weight is 277 g/mol. The summed E-state index contributed by atoms with van der Waals surface area (Å²) in [5.74, 6) is 1.08. The SMILES string of the molecule is Cc1cc2c(cn1)OCc1cc(O)ccc1-2.O=S=O. The fraction of sp³-hybridized carbons (Fsp3) is 0.154. The third-order valence-corrected chi connectivity index (χ3v) is 2.77. The number of fused-ring (bicyclic) bond motifs is 3. The highest BCUT2D eigenvalue weighted by Gasteiger charge is 2.17.